The summed E-state index contributed by atoms with van der Waals surface area (Å²) in [6, 6.07) is 0.612. The van der Waals surface area contributed by atoms with Gasteiger partial charge in [0.2, 0.25) is 11.2 Å². The molecule has 5 nitrogen and oxygen atoms in total. The first kappa shape index (κ1) is 15.0. The van der Waals surface area contributed by atoms with E-state index in [9.17, 15) is 0 Å². The Balaban J connectivity index is 2.69. The van der Waals surface area contributed by atoms with Crippen molar-refractivity contribution in [3.63, 3.8) is 0 Å². The first-order chi connectivity index (χ1) is 8.69. The number of hydrogen-bond donors (Lipinski definition) is 1. The lowest BCUT2D eigenvalue weighted by Crippen LogP contribution is -2.21. The van der Waals surface area contributed by atoms with Crippen LogP contribution in [0.3, 0.4) is 0 Å². The van der Waals surface area contributed by atoms with E-state index in [-0.39, 0.29) is 11.3 Å². The van der Waals surface area contributed by atoms with Crippen LogP contribution >= 0.6 is 11.6 Å². The lowest BCUT2D eigenvalue weighted by Gasteiger charge is -2.17. The van der Waals surface area contributed by atoms with Gasteiger partial charge in [0.05, 0.1) is 7.11 Å². The zero-order valence-electron chi connectivity index (χ0n) is 11.2. The molecule has 0 aromatic carbocycles. The van der Waals surface area contributed by atoms with Crippen molar-refractivity contribution < 1.29 is 4.74 Å². The van der Waals surface area contributed by atoms with Crippen LogP contribution in [0.15, 0.2) is 0 Å². The molecule has 1 heterocycles. The van der Waals surface area contributed by atoms with Crippen LogP contribution in [0.1, 0.15) is 46.0 Å². The largest absolute Gasteiger partial charge is 0.467 e. The third kappa shape index (κ3) is 5.04. The van der Waals surface area contributed by atoms with Gasteiger partial charge in [-0.05, 0) is 24.4 Å². The predicted molar refractivity (Wildman–Crippen MR) is 73.2 cm³/mol. The van der Waals surface area contributed by atoms with E-state index in [2.05, 4.69) is 34.1 Å². The summed E-state index contributed by atoms with van der Waals surface area (Å²) in [5.41, 5.74) is 0. The van der Waals surface area contributed by atoms with Crippen LogP contribution < -0.4 is 10.1 Å². The number of unbranched alkanes of at least 4 members (excludes halogenated alkanes) is 1. The average Bonchev–Trinajstić information content (AvgIpc) is 2.35. The van der Waals surface area contributed by atoms with Crippen LogP contribution in [0.25, 0.3) is 0 Å². The number of halogens is 1. The molecule has 18 heavy (non-hydrogen) atoms. The fourth-order valence-electron chi connectivity index (χ4n) is 1.76. The van der Waals surface area contributed by atoms with Gasteiger partial charge in [-0.3, -0.25) is 0 Å². The highest BCUT2D eigenvalue weighted by molar-refractivity contribution is 6.28. The minimum atomic E-state index is 0.148. The maximum atomic E-state index is 5.81. The van der Waals surface area contributed by atoms with Gasteiger partial charge in [-0.1, -0.05) is 33.1 Å². The van der Waals surface area contributed by atoms with Crippen molar-refractivity contribution in [3.8, 4) is 6.01 Å². The van der Waals surface area contributed by atoms with Crippen molar-refractivity contribution >= 4 is 17.5 Å². The molecule has 0 radical (unpaired) electrons. The number of aromatic nitrogens is 3. The molecule has 1 aromatic heterocycles. The zero-order chi connectivity index (χ0) is 13.4. The molecule has 1 unspecified atom stereocenters. The SMILES string of the molecule is CCCCC(CCC)Nc1nc(Cl)nc(OC)n1. The maximum absolute atomic E-state index is 5.81. The quantitative estimate of drug-likeness (QED) is 0.787. The molecule has 0 saturated carbocycles. The second-order valence-electron chi connectivity index (χ2n) is 4.19. The smallest absolute Gasteiger partial charge is 0.322 e. The van der Waals surface area contributed by atoms with Crippen molar-refractivity contribution in [1.29, 1.82) is 0 Å². The number of nitrogens with zero attached hydrogens (tertiary/aromatic N) is 3. The fourth-order valence-corrected chi connectivity index (χ4v) is 1.91. The summed E-state index contributed by atoms with van der Waals surface area (Å²) in [6.07, 6.45) is 5.69. The highest BCUT2D eigenvalue weighted by Gasteiger charge is 2.11. The summed E-state index contributed by atoms with van der Waals surface area (Å²) >= 11 is 5.81. The number of nitrogens with one attached hydrogen (secondary N) is 1. The van der Waals surface area contributed by atoms with Crippen LogP contribution in [-0.4, -0.2) is 28.1 Å². The van der Waals surface area contributed by atoms with E-state index < -0.39 is 0 Å². The second-order valence-corrected chi connectivity index (χ2v) is 4.52. The fraction of sp³-hybridized carbons (Fsp3) is 0.750. The molecule has 1 atom stereocenters. The summed E-state index contributed by atoms with van der Waals surface area (Å²) in [6.45, 7) is 4.35. The maximum Gasteiger partial charge on any atom is 0.322 e. The minimum absolute atomic E-state index is 0.148. The molecule has 0 fully saturated rings. The number of methoxy groups -OCH3 is 1. The van der Waals surface area contributed by atoms with Gasteiger partial charge < -0.3 is 10.1 Å². The zero-order valence-corrected chi connectivity index (χ0v) is 12.0. The molecular formula is C12H21ClN4O. The van der Waals surface area contributed by atoms with Gasteiger partial charge >= 0.3 is 6.01 Å². The first-order valence-electron chi connectivity index (χ1n) is 6.41. The Morgan fingerprint density at radius 1 is 1.17 bits per heavy atom. The number of ether oxygens (including phenoxy) is 1. The minimum Gasteiger partial charge on any atom is -0.467 e. The standard InChI is InChI=1S/C12H21ClN4O/c1-4-6-8-9(7-5-2)14-11-15-10(13)16-12(17-11)18-3/h9H,4-8H2,1-3H3,(H,14,15,16,17). The van der Waals surface area contributed by atoms with Gasteiger partial charge in [-0.2, -0.15) is 15.0 Å². The summed E-state index contributed by atoms with van der Waals surface area (Å²) in [5, 5.41) is 3.45. The van der Waals surface area contributed by atoms with Crippen molar-refractivity contribution in [2.45, 2.75) is 52.0 Å². The molecule has 1 aromatic rings. The Kier molecular flexibility index (Phi) is 6.72. The van der Waals surface area contributed by atoms with Gasteiger partial charge in [0, 0.05) is 6.04 Å². The van der Waals surface area contributed by atoms with Gasteiger partial charge in [0.25, 0.3) is 0 Å². The van der Waals surface area contributed by atoms with E-state index in [1.165, 1.54) is 20.0 Å². The first-order valence-corrected chi connectivity index (χ1v) is 6.79. The highest BCUT2D eigenvalue weighted by atomic mass is 35.5. The van der Waals surface area contributed by atoms with E-state index in [1.807, 2.05) is 0 Å². The Morgan fingerprint density at radius 2 is 1.94 bits per heavy atom. The van der Waals surface area contributed by atoms with Crippen LogP contribution in [-0.2, 0) is 0 Å². The summed E-state index contributed by atoms with van der Waals surface area (Å²) in [7, 11) is 1.51. The molecule has 1 rings (SSSR count). The molecule has 6 heteroatoms. The van der Waals surface area contributed by atoms with E-state index >= 15 is 0 Å². The van der Waals surface area contributed by atoms with E-state index in [4.69, 9.17) is 16.3 Å². The molecule has 102 valence electrons. The lowest BCUT2D eigenvalue weighted by atomic mass is 10.1. The highest BCUT2D eigenvalue weighted by Crippen LogP contribution is 2.15. The third-order valence-corrected chi connectivity index (χ3v) is 2.82. The Morgan fingerprint density at radius 3 is 2.56 bits per heavy atom. The molecule has 0 aliphatic heterocycles. The topological polar surface area (TPSA) is 59.9 Å². The van der Waals surface area contributed by atoms with Gasteiger partial charge in [-0.15, -0.1) is 0 Å². The van der Waals surface area contributed by atoms with E-state index in [0.717, 1.165) is 19.3 Å². The molecular weight excluding hydrogens is 252 g/mol. The molecule has 1 N–H and O–H groups in total. The van der Waals surface area contributed by atoms with Crippen molar-refractivity contribution in [3.05, 3.63) is 5.28 Å². The van der Waals surface area contributed by atoms with E-state index in [0.29, 0.717) is 12.0 Å². The number of rotatable bonds is 8. The number of anilines is 1. The van der Waals surface area contributed by atoms with Gasteiger partial charge in [-0.25, -0.2) is 0 Å². The Labute approximate surface area is 113 Å². The van der Waals surface area contributed by atoms with Gasteiger partial charge in [0.1, 0.15) is 0 Å². The van der Waals surface area contributed by atoms with Crippen LogP contribution in [0, 0.1) is 0 Å². The van der Waals surface area contributed by atoms with E-state index in [1.54, 1.807) is 0 Å². The second kappa shape index (κ2) is 8.08. The summed E-state index contributed by atoms with van der Waals surface area (Å²) in [5.74, 6) is 0.487. The third-order valence-electron chi connectivity index (χ3n) is 2.65. The normalized spacial score (nSPS) is 12.2. The molecule has 0 aliphatic rings. The number of hydrogen-bond acceptors (Lipinski definition) is 5. The van der Waals surface area contributed by atoms with Crippen LogP contribution in [0.4, 0.5) is 5.95 Å². The monoisotopic (exact) mass is 272 g/mol. The Hall–Kier alpha value is -1.10. The molecule has 0 aliphatic carbocycles. The lowest BCUT2D eigenvalue weighted by molar-refractivity contribution is 0.378. The molecule has 0 amide bonds. The van der Waals surface area contributed by atoms with Crippen LogP contribution in [0.2, 0.25) is 5.28 Å². The van der Waals surface area contributed by atoms with Crippen molar-refractivity contribution in [2.24, 2.45) is 0 Å². The molecule has 0 spiro atoms. The predicted octanol–water partition coefficient (Wildman–Crippen LogP) is 3.30. The summed E-state index contributed by atoms with van der Waals surface area (Å²) in [4.78, 5) is 12.1. The van der Waals surface area contributed by atoms with Gasteiger partial charge in [0.15, 0.2) is 0 Å². The van der Waals surface area contributed by atoms with Crippen molar-refractivity contribution in [1.82, 2.24) is 15.0 Å². The Bertz CT molecular complexity index is 362. The average molecular weight is 273 g/mol. The summed E-state index contributed by atoms with van der Waals surface area (Å²) < 4.78 is 4.97. The van der Waals surface area contributed by atoms with Crippen molar-refractivity contribution in [2.75, 3.05) is 12.4 Å². The molecule has 0 bridgehead atoms. The molecule has 0 saturated heterocycles. The van der Waals surface area contributed by atoms with Crippen LogP contribution in [0.5, 0.6) is 6.01 Å².